The Morgan fingerprint density at radius 2 is 1.74 bits per heavy atom. The number of rotatable bonds is 6. The molecule has 10 heteroatoms. The molecular weight excluding hydrogens is 469 g/mol. The van der Waals surface area contributed by atoms with E-state index >= 15 is 0 Å². The summed E-state index contributed by atoms with van der Waals surface area (Å²) in [5.74, 6) is -1.91. The highest BCUT2D eigenvalue weighted by molar-refractivity contribution is 7.98. The lowest BCUT2D eigenvalue weighted by Crippen LogP contribution is -2.45. The monoisotopic (exact) mass is 493 g/mol. The molecule has 2 heterocycles. The highest BCUT2D eigenvalue weighted by atomic mass is 32.2. The number of nitrogens with one attached hydrogen (secondary N) is 2. The van der Waals surface area contributed by atoms with E-state index in [0.717, 1.165) is 17.0 Å². The lowest BCUT2D eigenvalue weighted by atomic mass is 10.1. The summed E-state index contributed by atoms with van der Waals surface area (Å²) in [6.07, 6.45) is -0.0629. The van der Waals surface area contributed by atoms with Crippen molar-refractivity contribution in [1.82, 2.24) is 20.8 Å². The lowest BCUT2D eigenvalue weighted by molar-refractivity contribution is -0.126. The number of aryl methyl sites for hydroxylation is 2. The van der Waals surface area contributed by atoms with E-state index in [1.54, 1.807) is 18.2 Å². The van der Waals surface area contributed by atoms with Crippen LogP contribution in [0.3, 0.4) is 0 Å². The number of amides is 3. The normalized spacial score (nSPS) is 15.2. The second-order valence-electron chi connectivity index (χ2n) is 8.22. The molecule has 1 atom stereocenters. The molecule has 0 saturated carbocycles. The molecule has 3 amide bonds. The molecular formula is C25H24FN5O3S. The number of anilines is 1. The average molecular weight is 494 g/mol. The van der Waals surface area contributed by atoms with Gasteiger partial charge in [0.1, 0.15) is 5.82 Å². The van der Waals surface area contributed by atoms with Gasteiger partial charge in [0.2, 0.25) is 11.8 Å². The zero-order valence-corrected chi connectivity index (χ0v) is 20.1. The van der Waals surface area contributed by atoms with Crippen LogP contribution in [-0.2, 0) is 15.3 Å². The zero-order chi connectivity index (χ0) is 24.9. The predicted octanol–water partition coefficient (Wildman–Crippen LogP) is 3.34. The van der Waals surface area contributed by atoms with Gasteiger partial charge in [-0.2, -0.15) is 0 Å². The van der Waals surface area contributed by atoms with Crippen molar-refractivity contribution < 1.29 is 18.8 Å². The highest BCUT2D eigenvalue weighted by Crippen LogP contribution is 2.27. The number of hydrogen-bond donors (Lipinski definition) is 2. The molecule has 0 bridgehead atoms. The Bertz CT molecular complexity index is 1250. The summed E-state index contributed by atoms with van der Waals surface area (Å²) in [4.78, 5) is 47.3. The third kappa shape index (κ3) is 6.02. The Morgan fingerprint density at radius 3 is 2.43 bits per heavy atom. The summed E-state index contributed by atoms with van der Waals surface area (Å²) in [5, 5.41) is 0.700. The van der Waals surface area contributed by atoms with Crippen LogP contribution in [0.4, 0.5) is 10.1 Å². The van der Waals surface area contributed by atoms with Crippen molar-refractivity contribution in [2.45, 2.75) is 31.2 Å². The number of aromatic nitrogens is 2. The summed E-state index contributed by atoms with van der Waals surface area (Å²) >= 11 is 1.51. The first-order valence-corrected chi connectivity index (χ1v) is 12.0. The molecule has 180 valence electrons. The van der Waals surface area contributed by atoms with Gasteiger partial charge in [-0.15, -0.1) is 0 Å². The first-order valence-electron chi connectivity index (χ1n) is 11.0. The molecule has 4 rings (SSSR count). The maximum Gasteiger partial charge on any atom is 0.269 e. The van der Waals surface area contributed by atoms with Crippen molar-refractivity contribution in [3.8, 4) is 0 Å². The smallest absolute Gasteiger partial charge is 0.269 e. The Kier molecular flexibility index (Phi) is 7.40. The van der Waals surface area contributed by atoms with Crippen molar-refractivity contribution in [1.29, 1.82) is 0 Å². The summed E-state index contributed by atoms with van der Waals surface area (Å²) < 4.78 is 14.0. The first-order chi connectivity index (χ1) is 16.8. The largest absolute Gasteiger partial charge is 0.309 e. The minimum Gasteiger partial charge on any atom is -0.309 e. The van der Waals surface area contributed by atoms with Gasteiger partial charge in [-0.25, -0.2) is 14.4 Å². The maximum absolute atomic E-state index is 14.0. The molecule has 1 aromatic heterocycles. The van der Waals surface area contributed by atoms with Gasteiger partial charge < -0.3 is 4.90 Å². The van der Waals surface area contributed by atoms with Crippen molar-refractivity contribution in [3.63, 3.8) is 0 Å². The quantitative estimate of drug-likeness (QED) is 0.310. The Balaban J connectivity index is 1.28. The average Bonchev–Trinajstić information content (AvgIpc) is 3.22. The number of carbonyl (C=O) groups is 3. The molecule has 0 spiro atoms. The topological polar surface area (TPSA) is 104 Å². The molecule has 0 radical (unpaired) electrons. The molecule has 35 heavy (non-hydrogen) atoms. The summed E-state index contributed by atoms with van der Waals surface area (Å²) in [7, 11) is 0. The standard InChI is InChI=1S/C25H24FN5O3S/c1-15-11-16(2)28-25(27-15)35-14-17-7-9-18(10-8-17)23(33)29-30-24(34)19-12-22(32)31(13-19)21-6-4-3-5-20(21)26/h3-11,19H,12-14H2,1-2H3,(H,29,33)(H,30,34). The van der Waals surface area contributed by atoms with Gasteiger partial charge in [-0.1, -0.05) is 36.0 Å². The molecule has 1 aliphatic rings. The summed E-state index contributed by atoms with van der Waals surface area (Å²) in [5.41, 5.74) is 8.08. The molecule has 0 aliphatic carbocycles. The van der Waals surface area contributed by atoms with E-state index < -0.39 is 23.5 Å². The first kappa shape index (κ1) is 24.3. The number of benzene rings is 2. The minimum absolute atomic E-state index is 0.0397. The van der Waals surface area contributed by atoms with Gasteiger partial charge in [0.25, 0.3) is 5.91 Å². The van der Waals surface area contributed by atoms with E-state index in [4.69, 9.17) is 0 Å². The SMILES string of the molecule is Cc1cc(C)nc(SCc2ccc(C(=O)NNC(=O)C3CC(=O)N(c4ccccc4F)C3)cc2)n1. The van der Waals surface area contributed by atoms with Gasteiger partial charge >= 0.3 is 0 Å². The van der Waals surface area contributed by atoms with Crippen LogP contribution in [0, 0.1) is 25.6 Å². The predicted molar refractivity (Wildman–Crippen MR) is 130 cm³/mol. The Labute approximate surface area is 206 Å². The van der Waals surface area contributed by atoms with E-state index in [9.17, 15) is 18.8 Å². The number of nitrogens with zero attached hydrogens (tertiary/aromatic N) is 3. The van der Waals surface area contributed by atoms with Crippen LogP contribution >= 0.6 is 11.8 Å². The molecule has 3 aromatic rings. The highest BCUT2D eigenvalue weighted by Gasteiger charge is 2.36. The third-order valence-corrected chi connectivity index (χ3v) is 6.40. The van der Waals surface area contributed by atoms with Gasteiger partial charge in [-0.3, -0.25) is 25.2 Å². The van der Waals surface area contributed by atoms with E-state index in [0.29, 0.717) is 16.5 Å². The molecule has 1 saturated heterocycles. The Morgan fingerprint density at radius 1 is 1.06 bits per heavy atom. The van der Waals surface area contributed by atoms with Crippen molar-refractivity contribution in [3.05, 3.63) is 82.9 Å². The maximum atomic E-state index is 14.0. The summed E-state index contributed by atoms with van der Waals surface area (Å²) in [6.45, 7) is 3.89. The molecule has 1 aliphatic heterocycles. The third-order valence-electron chi connectivity index (χ3n) is 5.48. The van der Waals surface area contributed by atoms with Crippen molar-refractivity contribution in [2.75, 3.05) is 11.4 Å². The minimum atomic E-state index is -0.700. The second-order valence-corrected chi connectivity index (χ2v) is 9.16. The number of carbonyl (C=O) groups excluding carboxylic acids is 3. The number of hydrogen-bond acceptors (Lipinski definition) is 6. The molecule has 8 nitrogen and oxygen atoms in total. The molecule has 2 aromatic carbocycles. The van der Waals surface area contributed by atoms with E-state index in [1.165, 1.54) is 34.9 Å². The number of thioether (sulfide) groups is 1. The molecule has 1 unspecified atom stereocenters. The van der Waals surface area contributed by atoms with Crippen molar-refractivity contribution >= 4 is 35.2 Å². The van der Waals surface area contributed by atoms with E-state index in [1.807, 2.05) is 32.0 Å². The number of para-hydroxylation sites is 1. The van der Waals surface area contributed by atoms with Gasteiger partial charge in [-0.05, 0) is 49.7 Å². The van der Waals surface area contributed by atoms with E-state index in [2.05, 4.69) is 20.8 Å². The fraction of sp³-hybridized carbons (Fsp3) is 0.240. The van der Waals surface area contributed by atoms with E-state index in [-0.39, 0.29) is 24.6 Å². The second kappa shape index (κ2) is 10.6. The number of hydrazine groups is 1. The number of halogens is 1. The van der Waals surface area contributed by atoms with Crippen LogP contribution < -0.4 is 15.8 Å². The van der Waals surface area contributed by atoms with Crippen LogP contribution in [-0.4, -0.2) is 34.2 Å². The van der Waals surface area contributed by atoms with Gasteiger partial charge in [0.15, 0.2) is 5.16 Å². The van der Waals surface area contributed by atoms with Crippen LogP contribution in [0.1, 0.15) is 33.7 Å². The van der Waals surface area contributed by atoms with Crippen molar-refractivity contribution in [2.24, 2.45) is 5.92 Å². The van der Waals surface area contributed by atoms with Gasteiger partial charge in [0.05, 0.1) is 11.6 Å². The lowest BCUT2D eigenvalue weighted by Gasteiger charge is -2.17. The zero-order valence-electron chi connectivity index (χ0n) is 19.2. The van der Waals surface area contributed by atoms with Crippen LogP contribution in [0.15, 0.2) is 59.8 Å². The molecule has 2 N–H and O–H groups in total. The van der Waals surface area contributed by atoms with Gasteiger partial charge in [0, 0.05) is 35.7 Å². The Hall–Kier alpha value is -3.79. The molecule has 1 fully saturated rings. The fourth-order valence-corrected chi connectivity index (χ4v) is 4.64. The summed E-state index contributed by atoms with van der Waals surface area (Å²) in [6, 6.07) is 14.8. The van der Waals surface area contributed by atoms with Crippen LogP contribution in [0.2, 0.25) is 0 Å². The van der Waals surface area contributed by atoms with Crippen LogP contribution in [0.25, 0.3) is 0 Å². The fourth-order valence-electron chi connectivity index (χ4n) is 3.74. The van der Waals surface area contributed by atoms with Crippen LogP contribution in [0.5, 0.6) is 0 Å².